The van der Waals surface area contributed by atoms with E-state index in [1.807, 2.05) is 27.7 Å². The van der Waals surface area contributed by atoms with Gasteiger partial charge in [0.25, 0.3) is 23.6 Å². The summed E-state index contributed by atoms with van der Waals surface area (Å²) in [7, 11) is 5.48. The van der Waals surface area contributed by atoms with E-state index in [0.717, 1.165) is 29.4 Å². The molecule has 71 heavy (non-hydrogen) atoms. The zero-order chi connectivity index (χ0) is 55.7. The van der Waals surface area contributed by atoms with E-state index >= 15 is 0 Å². The number of rotatable bonds is 22. The predicted octanol–water partition coefficient (Wildman–Crippen LogP) is 0.447. The van der Waals surface area contributed by atoms with E-state index in [9.17, 15) is 74.7 Å². The van der Waals surface area contributed by atoms with Gasteiger partial charge >= 0.3 is 0 Å². The van der Waals surface area contributed by atoms with E-state index in [4.69, 9.17) is 0 Å². The van der Waals surface area contributed by atoms with Crippen LogP contribution in [0.25, 0.3) is 0 Å². The molecule has 2 aromatic carbocycles. The monoisotopic (exact) mass is 1010 g/mol. The molecule has 404 valence electrons. The van der Waals surface area contributed by atoms with Crippen molar-refractivity contribution in [2.75, 3.05) is 104 Å². The summed E-state index contributed by atoms with van der Waals surface area (Å²) >= 11 is 0. The molecule has 0 heterocycles. The van der Waals surface area contributed by atoms with Crippen molar-refractivity contribution in [1.82, 2.24) is 19.6 Å². The number of amides is 6. The first-order valence-corrected chi connectivity index (χ1v) is 23.7. The maximum Gasteiger partial charge on any atom is 0.254 e. The standard InChI is InChI=1S/C46H72N6O15.2C2H6/c1-24-36(42(63)47(10)14-32(59)18-53)26(3)40(27(4)37(24)43(64)48(11)15-33(60)19-54)51(30(7)57)22-46(9,67)23-52(31(8)58)41-28(5)38(44(65)49(12)16-34(61)20-55)25(2)39(29(41)6)45(66)50(13)17-35(62)21-56;2*1-2/h32-35,53-56,59-62,67H,14-23H2,1-13H3;2*1-2H3. The van der Waals surface area contributed by atoms with Crippen molar-refractivity contribution in [3.8, 4) is 0 Å². The van der Waals surface area contributed by atoms with Crippen LogP contribution in [0, 0.1) is 41.5 Å². The largest absolute Gasteiger partial charge is 0.394 e. The van der Waals surface area contributed by atoms with Gasteiger partial charge in [-0.1, -0.05) is 27.7 Å². The Balaban J connectivity index is 0.0000119. The summed E-state index contributed by atoms with van der Waals surface area (Å²) in [6.45, 7) is 15.8. The number of hydrogen-bond acceptors (Lipinski definition) is 15. The Hall–Kier alpha value is -5.10. The molecule has 0 aliphatic rings. The highest BCUT2D eigenvalue weighted by Crippen LogP contribution is 2.39. The Bertz CT molecular complexity index is 1900. The fourth-order valence-electron chi connectivity index (χ4n) is 8.52. The lowest BCUT2D eigenvalue weighted by atomic mass is 9.88. The van der Waals surface area contributed by atoms with Crippen molar-refractivity contribution in [3.63, 3.8) is 0 Å². The predicted molar refractivity (Wildman–Crippen MR) is 271 cm³/mol. The third-order valence-electron chi connectivity index (χ3n) is 11.7. The van der Waals surface area contributed by atoms with Gasteiger partial charge in [0.1, 0.15) is 0 Å². The van der Waals surface area contributed by atoms with Gasteiger partial charge in [0.05, 0.1) is 80.9 Å². The Kier molecular flexibility index (Phi) is 27.3. The number of benzene rings is 2. The molecule has 0 saturated heterocycles. The van der Waals surface area contributed by atoms with E-state index in [1.54, 1.807) is 0 Å². The molecule has 21 heteroatoms. The van der Waals surface area contributed by atoms with Crippen molar-refractivity contribution in [2.45, 2.75) is 120 Å². The first kappa shape index (κ1) is 65.9. The maximum atomic E-state index is 14.2. The van der Waals surface area contributed by atoms with Crippen LogP contribution < -0.4 is 9.80 Å². The minimum absolute atomic E-state index is 0.0383. The van der Waals surface area contributed by atoms with Crippen LogP contribution in [-0.2, 0) is 9.59 Å². The lowest BCUT2D eigenvalue weighted by Gasteiger charge is -2.38. The topological polar surface area (TPSA) is 304 Å². The van der Waals surface area contributed by atoms with Crippen molar-refractivity contribution < 1.29 is 74.7 Å². The van der Waals surface area contributed by atoms with Crippen molar-refractivity contribution >= 4 is 46.8 Å². The molecule has 0 bridgehead atoms. The van der Waals surface area contributed by atoms with Crippen LogP contribution >= 0.6 is 0 Å². The van der Waals surface area contributed by atoms with Crippen LogP contribution in [0.4, 0.5) is 11.4 Å². The summed E-state index contributed by atoms with van der Waals surface area (Å²) in [6, 6.07) is 0. The van der Waals surface area contributed by atoms with Crippen LogP contribution in [0.1, 0.15) is 123 Å². The van der Waals surface area contributed by atoms with E-state index < -0.39 is 105 Å². The lowest BCUT2D eigenvalue weighted by Crippen LogP contribution is -2.52. The molecule has 0 saturated carbocycles. The Morgan fingerprint density at radius 1 is 0.423 bits per heavy atom. The normalized spacial score (nSPS) is 13.4. The number of aliphatic hydroxyl groups is 9. The molecular formula is C50H84N6O15. The average molecular weight is 1010 g/mol. The van der Waals surface area contributed by atoms with Crippen LogP contribution in [0.15, 0.2) is 0 Å². The number of carbonyl (C=O) groups excluding carboxylic acids is 6. The highest BCUT2D eigenvalue weighted by atomic mass is 16.3. The zero-order valence-electron chi connectivity index (χ0n) is 45.0. The minimum Gasteiger partial charge on any atom is -0.394 e. The number of hydrogen-bond donors (Lipinski definition) is 9. The van der Waals surface area contributed by atoms with Crippen LogP contribution in [0.5, 0.6) is 0 Å². The summed E-state index contributed by atoms with van der Waals surface area (Å²) in [5.41, 5.74) is -1.05. The van der Waals surface area contributed by atoms with Crippen LogP contribution in [0.2, 0.25) is 0 Å². The highest BCUT2D eigenvalue weighted by Gasteiger charge is 2.38. The molecule has 2 rings (SSSR count). The molecule has 21 nitrogen and oxygen atoms in total. The molecule has 9 N–H and O–H groups in total. The van der Waals surface area contributed by atoms with Gasteiger partial charge in [-0.25, -0.2) is 0 Å². The molecule has 0 spiro atoms. The molecule has 0 aliphatic heterocycles. The SMILES string of the molecule is CC.CC.CC(=O)N(CC(C)(O)CN(C(C)=O)c1c(C)c(C(=O)N(C)CC(O)CO)c(C)c(C(=O)N(C)CC(O)CO)c1C)c1c(C)c(C(=O)N(C)CC(O)CO)c(C)c(C(=O)N(C)CC(O)CO)c1C. The van der Waals surface area contributed by atoms with E-state index in [-0.39, 0.29) is 93.2 Å². The molecule has 2 aromatic rings. The van der Waals surface area contributed by atoms with Crippen molar-refractivity contribution in [3.05, 3.63) is 55.6 Å². The van der Waals surface area contributed by atoms with Gasteiger partial charge in [-0.2, -0.15) is 0 Å². The maximum absolute atomic E-state index is 14.2. The zero-order valence-corrected chi connectivity index (χ0v) is 45.0. The average Bonchev–Trinajstić information content (AvgIpc) is 3.31. The molecule has 0 aliphatic carbocycles. The molecular weight excluding hydrogens is 925 g/mol. The molecule has 0 aromatic heterocycles. The van der Waals surface area contributed by atoms with Crippen LogP contribution in [-0.4, -0.2) is 225 Å². The van der Waals surface area contributed by atoms with E-state index in [0.29, 0.717) is 0 Å². The summed E-state index contributed by atoms with van der Waals surface area (Å²) in [6.07, 6.45) is -5.26. The van der Waals surface area contributed by atoms with Gasteiger partial charge in [-0.05, 0) is 81.8 Å². The third kappa shape index (κ3) is 16.5. The number of likely N-dealkylation sites (N-methyl/N-ethyl adjacent to an activating group) is 4. The van der Waals surface area contributed by atoms with Gasteiger partial charge in [0.15, 0.2) is 0 Å². The van der Waals surface area contributed by atoms with E-state index in [1.165, 1.54) is 90.5 Å². The molecule has 0 radical (unpaired) electrons. The Morgan fingerprint density at radius 3 is 0.761 bits per heavy atom. The Labute approximate surface area is 419 Å². The second kappa shape index (κ2) is 29.4. The second-order valence-electron chi connectivity index (χ2n) is 17.7. The quantitative estimate of drug-likeness (QED) is 0.0774. The van der Waals surface area contributed by atoms with Gasteiger partial charge < -0.3 is 75.4 Å². The minimum atomic E-state index is -2.07. The fourth-order valence-corrected chi connectivity index (χ4v) is 8.52. The lowest BCUT2D eigenvalue weighted by molar-refractivity contribution is -0.117. The fraction of sp³-hybridized carbons (Fsp3) is 0.640. The van der Waals surface area contributed by atoms with Gasteiger partial charge in [0, 0.05) is 90.5 Å². The van der Waals surface area contributed by atoms with Gasteiger partial charge in [0.2, 0.25) is 11.8 Å². The highest BCUT2D eigenvalue weighted by molar-refractivity contribution is 6.09. The van der Waals surface area contributed by atoms with Gasteiger partial charge in [-0.15, -0.1) is 0 Å². The van der Waals surface area contributed by atoms with Crippen molar-refractivity contribution in [2.24, 2.45) is 0 Å². The summed E-state index contributed by atoms with van der Waals surface area (Å²) in [5, 5.41) is 91.3. The van der Waals surface area contributed by atoms with Gasteiger partial charge in [-0.3, -0.25) is 28.8 Å². The third-order valence-corrected chi connectivity index (χ3v) is 11.7. The number of aliphatic hydroxyl groups excluding tert-OH is 8. The van der Waals surface area contributed by atoms with Crippen molar-refractivity contribution in [1.29, 1.82) is 0 Å². The summed E-state index contributed by atoms with van der Waals surface area (Å²) in [4.78, 5) is 91.4. The Morgan fingerprint density at radius 2 is 0.606 bits per heavy atom. The summed E-state index contributed by atoms with van der Waals surface area (Å²) < 4.78 is 0. The summed E-state index contributed by atoms with van der Waals surface area (Å²) in [5.74, 6) is -4.10. The molecule has 6 amide bonds. The van der Waals surface area contributed by atoms with E-state index in [2.05, 4.69) is 0 Å². The smallest absolute Gasteiger partial charge is 0.254 e. The molecule has 4 unspecified atom stereocenters. The van der Waals surface area contributed by atoms with Crippen LogP contribution in [0.3, 0.4) is 0 Å². The first-order valence-electron chi connectivity index (χ1n) is 23.7. The first-order chi connectivity index (χ1) is 33.0. The second-order valence-corrected chi connectivity index (χ2v) is 17.7. The number of nitrogens with zero attached hydrogens (tertiary/aromatic N) is 6. The molecule has 0 fully saturated rings. The number of anilines is 2. The molecule has 4 atom stereocenters. The number of carbonyl (C=O) groups is 6.